The van der Waals surface area contributed by atoms with E-state index in [1.807, 2.05) is 0 Å². The maximum Gasteiger partial charge on any atom is 0.433 e. The molecule has 2 N–H and O–H groups in total. The number of ketones is 1. The summed E-state index contributed by atoms with van der Waals surface area (Å²) >= 11 is 6.25. The highest BCUT2D eigenvalue weighted by atomic mass is 35.5. The highest BCUT2D eigenvalue weighted by molar-refractivity contribution is 6.33. The van der Waals surface area contributed by atoms with Crippen LogP contribution in [-0.2, 0) is 17.4 Å². The molecule has 0 unspecified atom stereocenters. The number of carbonyl (C=O) groups is 2. The second-order valence-corrected chi connectivity index (χ2v) is 8.34. The van der Waals surface area contributed by atoms with Crippen molar-refractivity contribution in [2.45, 2.75) is 25.4 Å². The van der Waals surface area contributed by atoms with Gasteiger partial charge in [-0.15, -0.1) is 0 Å². The van der Waals surface area contributed by atoms with E-state index in [-0.39, 0.29) is 46.0 Å². The Morgan fingerprint density at radius 2 is 1.95 bits per heavy atom. The van der Waals surface area contributed by atoms with Gasteiger partial charge in [-0.25, -0.2) is 0 Å². The van der Waals surface area contributed by atoms with Crippen LogP contribution in [0.5, 0.6) is 5.75 Å². The monoisotopic (exact) mass is 531 g/mol. The van der Waals surface area contributed by atoms with Crippen molar-refractivity contribution in [1.82, 2.24) is 4.98 Å². The Bertz CT molecular complexity index is 1370. The molecule has 1 heterocycles. The topological polar surface area (TPSA) is 112 Å². The second-order valence-electron chi connectivity index (χ2n) is 7.94. The molecule has 0 saturated heterocycles. The van der Waals surface area contributed by atoms with Gasteiger partial charge in [-0.3, -0.25) is 14.6 Å². The Labute approximate surface area is 215 Å². The van der Waals surface area contributed by atoms with Gasteiger partial charge in [-0.2, -0.15) is 18.4 Å². The van der Waals surface area contributed by atoms with Gasteiger partial charge < -0.3 is 15.2 Å². The molecule has 0 radical (unpaired) electrons. The standard InChI is InChI=1S/C26H21ClF3N3O4/c1-37-22-6-2-4-15(5-3-7-24(35)36)25(22)33-14-21(34)16-8-9-20(27)18(10-16)19-13-32-23(26(28,29)30)11-17(19)12-31/h2,4,6,8-11,13,33H,3,5,7,14H2,1H3,(H,35,36). The molecule has 0 atom stereocenters. The first-order valence-corrected chi connectivity index (χ1v) is 11.3. The van der Waals surface area contributed by atoms with E-state index in [0.29, 0.717) is 30.3 Å². The predicted octanol–water partition coefficient (Wildman–Crippen LogP) is 6.00. The molecule has 0 spiro atoms. The van der Waals surface area contributed by atoms with Crippen molar-refractivity contribution >= 4 is 29.0 Å². The summed E-state index contributed by atoms with van der Waals surface area (Å²) < 4.78 is 44.4. The summed E-state index contributed by atoms with van der Waals surface area (Å²) in [6.45, 7) is -0.163. The number of halogens is 4. The Morgan fingerprint density at radius 3 is 2.59 bits per heavy atom. The molecule has 11 heteroatoms. The summed E-state index contributed by atoms with van der Waals surface area (Å²) in [7, 11) is 1.47. The van der Waals surface area contributed by atoms with Crippen LogP contribution in [0.3, 0.4) is 0 Å². The van der Waals surface area contributed by atoms with Crippen LogP contribution in [0.2, 0.25) is 5.02 Å². The Hall–Kier alpha value is -4.10. The third kappa shape index (κ3) is 6.77. The molecule has 1 aromatic heterocycles. The molecule has 0 aliphatic heterocycles. The van der Waals surface area contributed by atoms with Crippen LogP contribution in [0.4, 0.5) is 18.9 Å². The number of rotatable bonds is 10. The van der Waals surface area contributed by atoms with Crippen molar-refractivity contribution in [1.29, 1.82) is 5.26 Å². The van der Waals surface area contributed by atoms with Crippen LogP contribution in [0, 0.1) is 11.3 Å². The third-order valence-electron chi connectivity index (χ3n) is 5.49. The lowest BCUT2D eigenvalue weighted by Crippen LogP contribution is -2.16. The highest BCUT2D eigenvalue weighted by Crippen LogP contribution is 2.35. The lowest BCUT2D eigenvalue weighted by molar-refractivity contribution is -0.141. The van der Waals surface area contributed by atoms with E-state index in [4.69, 9.17) is 21.4 Å². The number of alkyl halides is 3. The molecule has 0 aliphatic carbocycles. The van der Waals surface area contributed by atoms with Gasteiger partial charge in [-0.1, -0.05) is 23.7 Å². The van der Waals surface area contributed by atoms with Crippen LogP contribution in [0.25, 0.3) is 11.1 Å². The summed E-state index contributed by atoms with van der Waals surface area (Å²) in [5.41, 5.74) is 0.295. The van der Waals surface area contributed by atoms with Crippen molar-refractivity contribution in [2.75, 3.05) is 19.0 Å². The number of carbonyl (C=O) groups excluding carboxylic acids is 1. The normalized spacial score (nSPS) is 11.0. The van der Waals surface area contributed by atoms with Gasteiger partial charge in [0.25, 0.3) is 0 Å². The smallest absolute Gasteiger partial charge is 0.433 e. The number of carboxylic acids is 1. The number of aryl methyl sites for hydroxylation is 1. The average Bonchev–Trinajstić information content (AvgIpc) is 2.86. The zero-order chi connectivity index (χ0) is 27.2. The number of para-hydroxylation sites is 1. The van der Waals surface area contributed by atoms with Crippen molar-refractivity contribution in [3.8, 4) is 22.9 Å². The molecule has 3 rings (SSSR count). The molecular formula is C26H21ClF3N3O4. The summed E-state index contributed by atoms with van der Waals surface area (Å²) in [4.78, 5) is 27.3. The van der Waals surface area contributed by atoms with Crippen molar-refractivity contribution < 1.29 is 32.6 Å². The van der Waals surface area contributed by atoms with E-state index in [1.54, 1.807) is 24.3 Å². The average molecular weight is 532 g/mol. The molecule has 3 aromatic rings. The van der Waals surface area contributed by atoms with Gasteiger partial charge in [0.05, 0.1) is 31.0 Å². The molecule has 0 aliphatic rings. The van der Waals surface area contributed by atoms with Crippen LogP contribution >= 0.6 is 11.6 Å². The Kier molecular flexibility index (Phi) is 8.73. The third-order valence-corrected chi connectivity index (χ3v) is 5.82. The van der Waals surface area contributed by atoms with Gasteiger partial charge >= 0.3 is 12.1 Å². The number of nitrogens with one attached hydrogen (secondary N) is 1. The first-order valence-electron chi connectivity index (χ1n) is 11.0. The molecule has 2 aromatic carbocycles. The lowest BCUT2D eigenvalue weighted by atomic mass is 9.98. The number of benzene rings is 2. The summed E-state index contributed by atoms with van der Waals surface area (Å²) in [5.74, 6) is -0.792. The van der Waals surface area contributed by atoms with Crippen molar-refractivity contribution in [2.24, 2.45) is 0 Å². The fourth-order valence-corrected chi connectivity index (χ4v) is 3.90. The van der Waals surface area contributed by atoms with Crippen molar-refractivity contribution in [3.05, 3.63) is 76.1 Å². The number of Topliss-reactive ketones (excluding diaryl/α,β-unsaturated/α-hetero) is 1. The van der Waals surface area contributed by atoms with Crippen LogP contribution in [0.15, 0.2) is 48.7 Å². The van der Waals surface area contributed by atoms with Gasteiger partial charge in [0.1, 0.15) is 11.4 Å². The van der Waals surface area contributed by atoms with Gasteiger partial charge in [0.15, 0.2) is 5.78 Å². The number of ether oxygens (including phenoxy) is 1. The summed E-state index contributed by atoms with van der Waals surface area (Å²) in [6.07, 6.45) is -2.97. The van der Waals surface area contributed by atoms with Crippen LogP contribution in [0.1, 0.15) is 40.0 Å². The van der Waals surface area contributed by atoms with Crippen LogP contribution < -0.4 is 10.1 Å². The molecular weight excluding hydrogens is 511 g/mol. The number of nitrogens with zero attached hydrogens (tertiary/aromatic N) is 2. The second kappa shape index (κ2) is 11.8. The number of hydrogen-bond acceptors (Lipinski definition) is 6. The largest absolute Gasteiger partial charge is 0.495 e. The van der Waals surface area contributed by atoms with Crippen molar-refractivity contribution in [3.63, 3.8) is 0 Å². The van der Waals surface area contributed by atoms with Gasteiger partial charge in [0, 0.05) is 34.3 Å². The van der Waals surface area contributed by atoms with E-state index in [9.17, 15) is 28.0 Å². The number of hydrogen-bond donors (Lipinski definition) is 2. The number of anilines is 1. The molecule has 37 heavy (non-hydrogen) atoms. The molecule has 0 amide bonds. The minimum Gasteiger partial charge on any atom is -0.495 e. The number of nitriles is 1. The van der Waals surface area contributed by atoms with E-state index in [2.05, 4.69) is 10.3 Å². The SMILES string of the molecule is COc1cccc(CCCC(=O)O)c1NCC(=O)c1ccc(Cl)c(-c2cnc(C(F)(F)F)cc2C#N)c1. The molecule has 7 nitrogen and oxygen atoms in total. The fourth-order valence-electron chi connectivity index (χ4n) is 3.68. The highest BCUT2D eigenvalue weighted by Gasteiger charge is 2.33. The number of carboxylic acid groups (broad SMARTS) is 1. The zero-order valence-electron chi connectivity index (χ0n) is 19.5. The maximum absolute atomic E-state index is 13.0. The van der Waals surface area contributed by atoms with Crippen LogP contribution in [-0.4, -0.2) is 35.5 Å². The van der Waals surface area contributed by atoms with E-state index >= 15 is 0 Å². The molecule has 0 saturated carbocycles. The lowest BCUT2D eigenvalue weighted by Gasteiger charge is -2.16. The number of aliphatic carboxylic acids is 1. The zero-order valence-corrected chi connectivity index (χ0v) is 20.3. The first-order chi connectivity index (χ1) is 17.5. The van der Waals surface area contributed by atoms with E-state index < -0.39 is 17.8 Å². The van der Waals surface area contributed by atoms with E-state index in [0.717, 1.165) is 11.8 Å². The molecule has 0 bridgehead atoms. The minimum absolute atomic E-state index is 0.00732. The van der Waals surface area contributed by atoms with E-state index in [1.165, 1.54) is 25.3 Å². The Morgan fingerprint density at radius 1 is 1.19 bits per heavy atom. The Balaban J connectivity index is 1.86. The number of methoxy groups -OCH3 is 1. The maximum atomic E-state index is 13.0. The molecule has 0 fully saturated rings. The first kappa shape index (κ1) is 27.5. The predicted molar refractivity (Wildman–Crippen MR) is 131 cm³/mol. The minimum atomic E-state index is -4.72. The summed E-state index contributed by atoms with van der Waals surface area (Å²) in [6, 6.07) is 11.9. The van der Waals surface area contributed by atoms with Gasteiger partial charge in [0.2, 0.25) is 0 Å². The van der Waals surface area contributed by atoms with Gasteiger partial charge in [-0.05, 0) is 48.7 Å². The molecule has 192 valence electrons. The number of aromatic nitrogens is 1. The summed E-state index contributed by atoms with van der Waals surface area (Å²) in [5, 5.41) is 21.5. The quantitative estimate of drug-likeness (QED) is 0.308. The number of pyridine rings is 1. The fraction of sp³-hybridized carbons (Fsp3) is 0.231.